The Balaban J connectivity index is 1.48. The SMILES string of the molecule is Cc1ccc(NC(=O)COC(=O)C2CCN(S(=O)(=O)c3ccc(F)cc3)CC2)cc1F. The van der Waals surface area contributed by atoms with Gasteiger partial charge in [0.25, 0.3) is 5.91 Å². The maximum absolute atomic E-state index is 13.5. The fraction of sp³-hybridized carbons (Fsp3) is 0.333. The minimum absolute atomic E-state index is 0.0147. The van der Waals surface area contributed by atoms with Gasteiger partial charge in [0.05, 0.1) is 10.8 Å². The van der Waals surface area contributed by atoms with E-state index in [1.54, 1.807) is 6.92 Å². The van der Waals surface area contributed by atoms with Gasteiger partial charge in [0.15, 0.2) is 6.61 Å². The van der Waals surface area contributed by atoms with Crippen molar-refractivity contribution < 1.29 is 31.5 Å². The number of nitrogens with one attached hydrogen (secondary N) is 1. The molecule has 1 N–H and O–H groups in total. The second-order valence-electron chi connectivity index (χ2n) is 7.25. The number of esters is 1. The lowest BCUT2D eigenvalue weighted by Crippen LogP contribution is -2.40. The zero-order chi connectivity index (χ0) is 22.6. The normalized spacial score (nSPS) is 15.5. The van der Waals surface area contributed by atoms with Crippen LogP contribution in [-0.4, -0.2) is 44.3 Å². The Hall–Kier alpha value is -2.85. The molecule has 1 heterocycles. The molecule has 0 atom stereocenters. The van der Waals surface area contributed by atoms with Gasteiger partial charge in [0.1, 0.15) is 11.6 Å². The number of rotatable bonds is 6. The maximum atomic E-state index is 13.5. The molecule has 0 unspecified atom stereocenters. The summed E-state index contributed by atoms with van der Waals surface area (Å²) in [5.74, 6) is -2.73. The quantitative estimate of drug-likeness (QED) is 0.681. The molecule has 1 amide bonds. The molecule has 0 saturated carbocycles. The lowest BCUT2D eigenvalue weighted by Gasteiger charge is -2.30. The van der Waals surface area contributed by atoms with Crippen LogP contribution >= 0.6 is 0 Å². The van der Waals surface area contributed by atoms with Gasteiger partial charge in [-0.05, 0) is 61.7 Å². The predicted molar refractivity (Wildman–Crippen MR) is 109 cm³/mol. The van der Waals surface area contributed by atoms with Gasteiger partial charge in [0.2, 0.25) is 10.0 Å². The Morgan fingerprint density at radius 1 is 1.10 bits per heavy atom. The Morgan fingerprint density at radius 2 is 1.74 bits per heavy atom. The molecule has 0 spiro atoms. The summed E-state index contributed by atoms with van der Waals surface area (Å²) in [6.07, 6.45) is 0.480. The third kappa shape index (κ3) is 5.65. The summed E-state index contributed by atoms with van der Waals surface area (Å²) in [4.78, 5) is 24.2. The molecule has 1 fully saturated rings. The lowest BCUT2D eigenvalue weighted by molar-refractivity contribution is -0.152. The number of nitrogens with zero attached hydrogens (tertiary/aromatic N) is 1. The zero-order valence-corrected chi connectivity index (χ0v) is 17.6. The van der Waals surface area contributed by atoms with E-state index in [9.17, 15) is 26.8 Å². The van der Waals surface area contributed by atoms with Crippen molar-refractivity contribution in [1.29, 1.82) is 0 Å². The van der Waals surface area contributed by atoms with E-state index >= 15 is 0 Å². The van der Waals surface area contributed by atoms with Crippen LogP contribution in [0.2, 0.25) is 0 Å². The molecule has 0 bridgehead atoms. The van der Waals surface area contributed by atoms with Crippen LogP contribution in [0.5, 0.6) is 0 Å². The molecule has 3 rings (SSSR count). The smallest absolute Gasteiger partial charge is 0.309 e. The predicted octanol–water partition coefficient (Wildman–Crippen LogP) is 2.86. The van der Waals surface area contributed by atoms with Gasteiger partial charge >= 0.3 is 5.97 Å². The number of carbonyl (C=O) groups is 2. The molecule has 1 aliphatic rings. The summed E-state index contributed by atoms with van der Waals surface area (Å²) in [7, 11) is -3.78. The first-order valence-electron chi connectivity index (χ1n) is 9.65. The molecule has 1 aliphatic heterocycles. The Bertz CT molecular complexity index is 1070. The van der Waals surface area contributed by atoms with Crippen LogP contribution in [0.1, 0.15) is 18.4 Å². The Morgan fingerprint density at radius 3 is 2.35 bits per heavy atom. The van der Waals surface area contributed by atoms with Crippen molar-refractivity contribution in [2.75, 3.05) is 25.0 Å². The van der Waals surface area contributed by atoms with Gasteiger partial charge in [-0.25, -0.2) is 17.2 Å². The number of amides is 1. The van der Waals surface area contributed by atoms with Crippen LogP contribution in [-0.2, 0) is 24.3 Å². The molecule has 166 valence electrons. The summed E-state index contributed by atoms with van der Waals surface area (Å²) in [6, 6.07) is 8.78. The molecule has 31 heavy (non-hydrogen) atoms. The molecule has 2 aromatic carbocycles. The van der Waals surface area contributed by atoms with Crippen molar-refractivity contribution in [1.82, 2.24) is 4.31 Å². The fourth-order valence-corrected chi connectivity index (χ4v) is 4.68. The number of aryl methyl sites for hydroxylation is 1. The van der Waals surface area contributed by atoms with Crippen molar-refractivity contribution in [2.45, 2.75) is 24.7 Å². The van der Waals surface area contributed by atoms with Gasteiger partial charge in [0, 0.05) is 18.8 Å². The van der Waals surface area contributed by atoms with E-state index in [2.05, 4.69) is 5.32 Å². The van der Waals surface area contributed by atoms with Crippen LogP contribution in [0.15, 0.2) is 47.4 Å². The standard InChI is InChI=1S/C21H22F2N2O5S/c1-14-2-5-17(12-19(14)23)24-20(26)13-30-21(27)15-8-10-25(11-9-15)31(28,29)18-6-3-16(22)4-7-18/h2-7,12,15H,8-11,13H2,1H3,(H,24,26). The second-order valence-corrected chi connectivity index (χ2v) is 9.19. The van der Waals surface area contributed by atoms with E-state index in [4.69, 9.17) is 4.74 Å². The van der Waals surface area contributed by atoms with Crippen molar-refractivity contribution in [3.63, 3.8) is 0 Å². The number of benzene rings is 2. The minimum Gasteiger partial charge on any atom is -0.455 e. The van der Waals surface area contributed by atoms with Crippen LogP contribution < -0.4 is 5.32 Å². The molecular weight excluding hydrogens is 430 g/mol. The van der Waals surface area contributed by atoms with Crippen molar-refractivity contribution in [3.05, 3.63) is 59.7 Å². The number of ether oxygens (including phenoxy) is 1. The van der Waals surface area contributed by atoms with E-state index in [0.29, 0.717) is 5.56 Å². The van der Waals surface area contributed by atoms with Gasteiger partial charge in [-0.1, -0.05) is 6.07 Å². The summed E-state index contributed by atoms with van der Waals surface area (Å²) < 4.78 is 58.1. The van der Waals surface area contributed by atoms with E-state index < -0.39 is 46.1 Å². The summed E-state index contributed by atoms with van der Waals surface area (Å²) >= 11 is 0. The molecule has 0 aromatic heterocycles. The topological polar surface area (TPSA) is 92.8 Å². The number of halogens is 2. The molecular formula is C21H22F2N2O5S. The number of hydrogen-bond donors (Lipinski definition) is 1. The summed E-state index contributed by atoms with van der Waals surface area (Å²) in [6.45, 7) is 1.28. The maximum Gasteiger partial charge on any atom is 0.309 e. The van der Waals surface area contributed by atoms with E-state index in [0.717, 1.165) is 12.1 Å². The average Bonchev–Trinajstić information content (AvgIpc) is 2.75. The third-order valence-corrected chi connectivity index (χ3v) is 6.95. The monoisotopic (exact) mass is 452 g/mol. The Kier molecular flexibility index (Phi) is 7.01. The number of sulfonamides is 1. The number of hydrogen-bond acceptors (Lipinski definition) is 5. The van der Waals surface area contributed by atoms with E-state index in [1.165, 1.54) is 34.6 Å². The number of carbonyl (C=O) groups excluding carboxylic acids is 2. The third-order valence-electron chi connectivity index (χ3n) is 5.04. The van der Waals surface area contributed by atoms with Gasteiger partial charge in [-0.3, -0.25) is 9.59 Å². The average molecular weight is 452 g/mol. The van der Waals surface area contributed by atoms with Crippen molar-refractivity contribution >= 4 is 27.6 Å². The molecule has 1 saturated heterocycles. The van der Waals surface area contributed by atoms with E-state index in [1.807, 2.05) is 0 Å². The molecule has 0 radical (unpaired) electrons. The first-order valence-corrected chi connectivity index (χ1v) is 11.1. The molecule has 2 aromatic rings. The highest BCUT2D eigenvalue weighted by atomic mass is 32.2. The first-order chi connectivity index (χ1) is 14.7. The summed E-state index contributed by atoms with van der Waals surface area (Å²) in [5.41, 5.74) is 0.695. The first kappa shape index (κ1) is 22.8. The van der Waals surface area contributed by atoms with Gasteiger partial charge in [-0.15, -0.1) is 0 Å². The Labute approximate surface area is 179 Å². The number of piperidine rings is 1. The molecule has 0 aliphatic carbocycles. The van der Waals surface area contributed by atoms with Gasteiger partial charge < -0.3 is 10.1 Å². The number of anilines is 1. The lowest BCUT2D eigenvalue weighted by atomic mass is 9.98. The van der Waals surface area contributed by atoms with Crippen LogP contribution in [0.3, 0.4) is 0 Å². The highest BCUT2D eigenvalue weighted by molar-refractivity contribution is 7.89. The molecule has 7 nitrogen and oxygen atoms in total. The second kappa shape index (κ2) is 9.52. The van der Waals surface area contributed by atoms with Crippen LogP contribution in [0.25, 0.3) is 0 Å². The van der Waals surface area contributed by atoms with Crippen molar-refractivity contribution in [3.8, 4) is 0 Å². The van der Waals surface area contributed by atoms with Crippen LogP contribution in [0.4, 0.5) is 14.5 Å². The zero-order valence-electron chi connectivity index (χ0n) is 16.8. The fourth-order valence-electron chi connectivity index (χ4n) is 3.21. The summed E-state index contributed by atoms with van der Waals surface area (Å²) in [5, 5.41) is 2.45. The van der Waals surface area contributed by atoms with E-state index in [-0.39, 0.29) is 36.5 Å². The van der Waals surface area contributed by atoms with Crippen molar-refractivity contribution in [2.24, 2.45) is 5.92 Å². The minimum atomic E-state index is -3.78. The van der Waals surface area contributed by atoms with Gasteiger partial charge in [-0.2, -0.15) is 4.31 Å². The van der Waals surface area contributed by atoms with Crippen LogP contribution in [0, 0.1) is 24.5 Å². The highest BCUT2D eigenvalue weighted by Gasteiger charge is 2.33. The highest BCUT2D eigenvalue weighted by Crippen LogP contribution is 2.25. The molecule has 10 heteroatoms. The largest absolute Gasteiger partial charge is 0.455 e.